The Labute approximate surface area is 187 Å². The fraction of sp³-hybridized carbons (Fsp3) is 0.222. The van der Waals surface area contributed by atoms with Crippen LogP contribution in [0.15, 0.2) is 35.6 Å². The van der Waals surface area contributed by atoms with E-state index in [1.165, 1.54) is 19.2 Å². The summed E-state index contributed by atoms with van der Waals surface area (Å²) in [6.07, 6.45) is -5.39. The van der Waals surface area contributed by atoms with Gasteiger partial charge in [-0.3, -0.25) is 14.6 Å². The largest absolute Gasteiger partial charge is 0.417 e. The lowest BCUT2D eigenvalue weighted by Gasteiger charge is -2.28. The van der Waals surface area contributed by atoms with Crippen LogP contribution in [0.1, 0.15) is 11.1 Å². The number of carbonyl (C=O) groups excluding carboxylic acids is 2. The number of fused-ring (bicyclic) bond motifs is 1. The molecule has 1 aromatic carbocycles. The van der Waals surface area contributed by atoms with Gasteiger partial charge in [-0.25, -0.2) is 4.98 Å². The van der Waals surface area contributed by atoms with Crippen molar-refractivity contribution >= 4 is 58.1 Å². The van der Waals surface area contributed by atoms with E-state index < -0.39 is 40.6 Å². The first kappa shape index (κ1) is 21.7. The van der Waals surface area contributed by atoms with Crippen molar-refractivity contribution in [3.63, 3.8) is 0 Å². The molecule has 0 aliphatic carbocycles. The second kappa shape index (κ2) is 7.54. The highest BCUT2D eigenvalue weighted by Gasteiger charge is 2.58. The Morgan fingerprint density at radius 1 is 1.10 bits per heavy atom. The summed E-state index contributed by atoms with van der Waals surface area (Å²) in [5.74, 6) is -2.93. The molecule has 1 saturated heterocycles. The number of benzene rings is 1. The van der Waals surface area contributed by atoms with Crippen LogP contribution in [0.4, 0.5) is 19.0 Å². The molecule has 3 heterocycles. The van der Waals surface area contributed by atoms with Crippen LogP contribution >= 0.6 is 34.8 Å². The van der Waals surface area contributed by atoms with Crippen molar-refractivity contribution in [1.29, 1.82) is 0 Å². The summed E-state index contributed by atoms with van der Waals surface area (Å²) in [7, 11) is 1.26. The number of oxime groups is 1. The fourth-order valence-electron chi connectivity index (χ4n) is 3.33. The molecule has 0 radical (unpaired) electrons. The molecule has 0 saturated carbocycles. The number of rotatable bonds is 3. The molecule has 31 heavy (non-hydrogen) atoms. The molecular formula is C18H10Cl3F3N4O3. The van der Waals surface area contributed by atoms with E-state index in [0.717, 1.165) is 5.01 Å². The zero-order chi connectivity index (χ0) is 22.7. The summed E-state index contributed by atoms with van der Waals surface area (Å²) in [5.41, 5.74) is -0.757. The zero-order valence-electron chi connectivity index (χ0n) is 15.3. The van der Waals surface area contributed by atoms with Crippen molar-refractivity contribution in [2.45, 2.75) is 12.3 Å². The lowest BCUT2D eigenvalue weighted by Crippen LogP contribution is -2.46. The van der Waals surface area contributed by atoms with Crippen LogP contribution in [0.3, 0.4) is 0 Å². The van der Waals surface area contributed by atoms with Crippen LogP contribution in [-0.4, -0.2) is 40.7 Å². The molecule has 2 aliphatic heterocycles. The Morgan fingerprint density at radius 3 is 2.32 bits per heavy atom. The van der Waals surface area contributed by atoms with Crippen LogP contribution in [-0.2, 0) is 20.6 Å². The molecule has 0 bridgehead atoms. The third kappa shape index (κ3) is 3.48. The molecule has 0 spiro atoms. The molecule has 162 valence electrons. The molecule has 2 atom stereocenters. The SMILES string of the molecule is CN(c1ncc(C(F)(F)F)cc1Cl)N1C(=O)[C@H]2C(c3c(Cl)cccc3Cl)=NO[C@@H]2C1=O. The van der Waals surface area contributed by atoms with E-state index >= 15 is 0 Å². The van der Waals surface area contributed by atoms with Crippen molar-refractivity contribution in [2.75, 3.05) is 12.1 Å². The van der Waals surface area contributed by atoms with Gasteiger partial charge in [-0.1, -0.05) is 46.0 Å². The van der Waals surface area contributed by atoms with Gasteiger partial charge in [0.1, 0.15) is 11.6 Å². The number of hydrazine groups is 1. The predicted molar refractivity (Wildman–Crippen MR) is 106 cm³/mol. The lowest BCUT2D eigenvalue weighted by molar-refractivity contribution is -0.143. The van der Waals surface area contributed by atoms with E-state index in [0.29, 0.717) is 17.3 Å². The van der Waals surface area contributed by atoms with Gasteiger partial charge in [0.25, 0.3) is 11.8 Å². The number of imide groups is 1. The van der Waals surface area contributed by atoms with E-state index in [-0.39, 0.29) is 27.1 Å². The van der Waals surface area contributed by atoms with E-state index in [9.17, 15) is 22.8 Å². The van der Waals surface area contributed by atoms with Gasteiger partial charge in [0.2, 0.25) is 6.10 Å². The quantitative estimate of drug-likeness (QED) is 0.599. The van der Waals surface area contributed by atoms with Gasteiger partial charge in [0.05, 0.1) is 20.6 Å². The first-order valence-corrected chi connectivity index (χ1v) is 9.68. The van der Waals surface area contributed by atoms with Gasteiger partial charge < -0.3 is 4.84 Å². The topological polar surface area (TPSA) is 75.1 Å². The molecule has 2 aromatic rings. The van der Waals surface area contributed by atoms with Crippen molar-refractivity contribution < 1.29 is 27.6 Å². The first-order valence-electron chi connectivity index (χ1n) is 8.54. The maximum Gasteiger partial charge on any atom is 0.417 e. The van der Waals surface area contributed by atoms with Gasteiger partial charge in [-0.05, 0) is 18.2 Å². The third-order valence-electron chi connectivity index (χ3n) is 4.76. The van der Waals surface area contributed by atoms with Gasteiger partial charge >= 0.3 is 6.18 Å². The summed E-state index contributed by atoms with van der Waals surface area (Å²) in [6.45, 7) is 0. The highest BCUT2D eigenvalue weighted by molar-refractivity contribution is 6.42. The number of amides is 2. The molecule has 1 fully saturated rings. The van der Waals surface area contributed by atoms with Gasteiger partial charge in [-0.15, -0.1) is 0 Å². The molecule has 1 aromatic heterocycles. The molecule has 13 heteroatoms. The van der Waals surface area contributed by atoms with Crippen LogP contribution in [0, 0.1) is 5.92 Å². The average molecular weight is 494 g/mol. The van der Waals surface area contributed by atoms with Gasteiger partial charge in [-0.2, -0.15) is 18.2 Å². The Hall–Kier alpha value is -2.56. The van der Waals surface area contributed by atoms with E-state index in [1.807, 2.05) is 0 Å². The van der Waals surface area contributed by atoms with Gasteiger partial charge in [0.15, 0.2) is 5.82 Å². The average Bonchev–Trinajstić information content (AvgIpc) is 3.21. The maximum absolute atomic E-state index is 13.1. The Bertz CT molecular complexity index is 1120. The molecule has 2 amide bonds. The Balaban J connectivity index is 1.68. The van der Waals surface area contributed by atoms with Crippen LogP contribution in [0.2, 0.25) is 15.1 Å². The Kier molecular flexibility index (Phi) is 5.27. The zero-order valence-corrected chi connectivity index (χ0v) is 17.6. The van der Waals surface area contributed by atoms with E-state index in [2.05, 4.69) is 10.1 Å². The minimum Gasteiger partial charge on any atom is -0.381 e. The highest BCUT2D eigenvalue weighted by atomic mass is 35.5. The number of pyridine rings is 1. The molecule has 0 unspecified atom stereocenters. The van der Waals surface area contributed by atoms with Crippen LogP contribution in [0.5, 0.6) is 0 Å². The number of hydrogen-bond acceptors (Lipinski definition) is 6. The molecule has 2 aliphatic rings. The minimum atomic E-state index is -4.66. The number of hydrogen-bond donors (Lipinski definition) is 0. The second-order valence-corrected chi connectivity index (χ2v) is 7.84. The maximum atomic E-state index is 13.1. The number of nitrogens with zero attached hydrogens (tertiary/aromatic N) is 4. The third-order valence-corrected chi connectivity index (χ3v) is 5.67. The monoisotopic (exact) mass is 492 g/mol. The van der Waals surface area contributed by atoms with Crippen LogP contribution < -0.4 is 5.01 Å². The van der Waals surface area contributed by atoms with E-state index in [4.69, 9.17) is 39.6 Å². The lowest BCUT2D eigenvalue weighted by atomic mass is 9.94. The fourth-order valence-corrected chi connectivity index (χ4v) is 4.21. The van der Waals surface area contributed by atoms with Crippen molar-refractivity contribution in [2.24, 2.45) is 11.1 Å². The number of anilines is 1. The standard InChI is InChI=1S/C18H10Cl3F3N4O3/c1-27(15-10(21)5-7(6-25-15)18(22,23)24)28-16(29)12-13(26-31-14(12)17(28)30)11-8(19)3-2-4-9(11)20/h2-6,12,14H,1H3/t12-,14-/m0/s1. The molecule has 0 N–H and O–H groups in total. The van der Waals surface area contributed by atoms with Gasteiger partial charge in [0, 0.05) is 18.8 Å². The number of aromatic nitrogens is 1. The molecule has 4 rings (SSSR count). The van der Waals surface area contributed by atoms with Crippen molar-refractivity contribution in [3.05, 3.63) is 56.7 Å². The predicted octanol–water partition coefficient (Wildman–Crippen LogP) is 4.20. The van der Waals surface area contributed by atoms with Crippen LogP contribution in [0.25, 0.3) is 0 Å². The Morgan fingerprint density at radius 2 is 1.74 bits per heavy atom. The van der Waals surface area contributed by atoms with Crippen molar-refractivity contribution in [3.8, 4) is 0 Å². The summed E-state index contributed by atoms with van der Waals surface area (Å²) in [4.78, 5) is 34.8. The highest BCUT2D eigenvalue weighted by Crippen LogP contribution is 2.39. The van der Waals surface area contributed by atoms with Crippen molar-refractivity contribution in [1.82, 2.24) is 9.99 Å². The molecule has 7 nitrogen and oxygen atoms in total. The molecular weight excluding hydrogens is 484 g/mol. The second-order valence-electron chi connectivity index (χ2n) is 6.62. The summed E-state index contributed by atoms with van der Waals surface area (Å²) < 4.78 is 38.6. The number of halogens is 6. The number of carbonyl (C=O) groups is 2. The first-order chi connectivity index (χ1) is 14.5. The summed E-state index contributed by atoms with van der Waals surface area (Å²) in [6, 6.07) is 5.33. The van der Waals surface area contributed by atoms with E-state index in [1.54, 1.807) is 6.07 Å². The summed E-state index contributed by atoms with van der Waals surface area (Å²) >= 11 is 18.3. The normalized spacial score (nSPS) is 20.6. The number of alkyl halides is 3. The minimum absolute atomic E-state index is 0.0707. The summed E-state index contributed by atoms with van der Waals surface area (Å²) in [5, 5.41) is 5.48. The smallest absolute Gasteiger partial charge is 0.381 e.